The van der Waals surface area contributed by atoms with Crippen LogP contribution in [0.15, 0.2) is 10.2 Å². The number of amides is 1. The second-order valence-corrected chi connectivity index (χ2v) is 9.33. The molecular weight excluding hydrogens is 436 g/mol. The number of fused-ring (bicyclic) bond motifs is 2. The van der Waals surface area contributed by atoms with Gasteiger partial charge in [-0.1, -0.05) is 6.42 Å². The molecule has 10 heteroatoms. The van der Waals surface area contributed by atoms with Gasteiger partial charge in [-0.25, -0.2) is 14.8 Å². The summed E-state index contributed by atoms with van der Waals surface area (Å²) in [5.74, 6) is 0.226. The first-order chi connectivity index (χ1) is 14.9. The van der Waals surface area contributed by atoms with E-state index < -0.39 is 5.97 Å². The van der Waals surface area contributed by atoms with E-state index in [0.717, 1.165) is 31.5 Å². The number of thiophene rings is 1. The van der Waals surface area contributed by atoms with Crippen LogP contribution in [0.1, 0.15) is 59.9 Å². The number of anilines is 1. The SMILES string of the molecule is CCN(C(C)=O)c1nc(COC(=O)c2sc3nc4n(c(=O)c3c2C)CCCCC4)cs1. The van der Waals surface area contributed by atoms with Gasteiger partial charge in [-0.2, -0.15) is 0 Å². The monoisotopic (exact) mass is 460 g/mol. The number of hydrogen-bond donors (Lipinski definition) is 0. The average molecular weight is 461 g/mol. The second kappa shape index (κ2) is 8.88. The molecule has 0 fully saturated rings. The van der Waals surface area contributed by atoms with E-state index in [1.807, 2.05) is 6.92 Å². The van der Waals surface area contributed by atoms with E-state index in [2.05, 4.69) is 4.98 Å². The van der Waals surface area contributed by atoms with Gasteiger partial charge < -0.3 is 4.74 Å². The van der Waals surface area contributed by atoms with E-state index in [0.29, 0.717) is 44.6 Å². The predicted octanol–water partition coefficient (Wildman–Crippen LogP) is 3.68. The zero-order valence-corrected chi connectivity index (χ0v) is 19.4. The number of rotatable bonds is 5. The summed E-state index contributed by atoms with van der Waals surface area (Å²) >= 11 is 2.54. The quantitative estimate of drug-likeness (QED) is 0.539. The maximum atomic E-state index is 13.0. The van der Waals surface area contributed by atoms with Crippen molar-refractivity contribution >= 4 is 49.9 Å². The molecule has 0 aromatic carbocycles. The highest BCUT2D eigenvalue weighted by atomic mass is 32.1. The van der Waals surface area contributed by atoms with Crippen LogP contribution >= 0.6 is 22.7 Å². The van der Waals surface area contributed by atoms with Gasteiger partial charge >= 0.3 is 5.97 Å². The van der Waals surface area contributed by atoms with Crippen molar-refractivity contribution in [2.75, 3.05) is 11.4 Å². The van der Waals surface area contributed by atoms with Crippen LogP contribution in [0.3, 0.4) is 0 Å². The molecule has 0 radical (unpaired) electrons. The molecule has 3 aromatic rings. The summed E-state index contributed by atoms with van der Waals surface area (Å²) in [6.45, 7) is 6.34. The Labute approximate surface area is 187 Å². The Bertz CT molecular complexity index is 1210. The Morgan fingerprint density at radius 3 is 2.81 bits per heavy atom. The number of aromatic nitrogens is 3. The molecule has 0 saturated heterocycles. The lowest BCUT2D eigenvalue weighted by Gasteiger charge is -2.14. The van der Waals surface area contributed by atoms with Crippen molar-refractivity contribution in [3.63, 3.8) is 0 Å². The molecule has 0 saturated carbocycles. The highest BCUT2D eigenvalue weighted by Gasteiger charge is 2.23. The predicted molar refractivity (Wildman–Crippen MR) is 121 cm³/mol. The molecule has 8 nitrogen and oxygen atoms in total. The van der Waals surface area contributed by atoms with Crippen LogP contribution in [0.5, 0.6) is 0 Å². The van der Waals surface area contributed by atoms with Gasteiger partial charge in [-0.3, -0.25) is 19.1 Å². The van der Waals surface area contributed by atoms with E-state index in [-0.39, 0.29) is 18.1 Å². The lowest BCUT2D eigenvalue weighted by Crippen LogP contribution is -2.27. The van der Waals surface area contributed by atoms with Crippen LogP contribution in [0, 0.1) is 6.92 Å². The minimum atomic E-state index is -0.492. The molecule has 0 aliphatic carbocycles. The maximum absolute atomic E-state index is 13.0. The van der Waals surface area contributed by atoms with Crippen molar-refractivity contribution < 1.29 is 14.3 Å². The lowest BCUT2D eigenvalue weighted by atomic mass is 10.2. The van der Waals surface area contributed by atoms with Gasteiger partial charge in [0.2, 0.25) is 5.91 Å². The van der Waals surface area contributed by atoms with Crippen molar-refractivity contribution in [1.82, 2.24) is 14.5 Å². The lowest BCUT2D eigenvalue weighted by molar-refractivity contribution is -0.116. The summed E-state index contributed by atoms with van der Waals surface area (Å²) in [6, 6.07) is 0. The molecule has 0 N–H and O–H groups in total. The molecule has 4 rings (SSSR count). The maximum Gasteiger partial charge on any atom is 0.349 e. The molecule has 0 bridgehead atoms. The van der Waals surface area contributed by atoms with Gasteiger partial charge in [0.05, 0.1) is 11.1 Å². The van der Waals surface area contributed by atoms with Crippen LogP contribution in [0.2, 0.25) is 0 Å². The van der Waals surface area contributed by atoms with Crippen LogP contribution < -0.4 is 10.5 Å². The molecule has 0 spiro atoms. The third kappa shape index (κ3) is 4.14. The molecule has 1 amide bonds. The number of nitrogens with zero attached hydrogens (tertiary/aromatic N) is 4. The average Bonchev–Trinajstić information content (AvgIpc) is 3.24. The largest absolute Gasteiger partial charge is 0.455 e. The van der Waals surface area contributed by atoms with E-state index in [1.54, 1.807) is 21.8 Å². The number of hydrogen-bond acceptors (Lipinski definition) is 8. The highest BCUT2D eigenvalue weighted by Crippen LogP contribution is 2.29. The van der Waals surface area contributed by atoms with Gasteiger partial charge in [0.1, 0.15) is 22.1 Å². The molecule has 1 aliphatic heterocycles. The molecule has 0 unspecified atom stereocenters. The van der Waals surface area contributed by atoms with Gasteiger partial charge in [0, 0.05) is 31.8 Å². The van der Waals surface area contributed by atoms with E-state index >= 15 is 0 Å². The van der Waals surface area contributed by atoms with E-state index in [1.165, 1.54) is 29.6 Å². The summed E-state index contributed by atoms with van der Waals surface area (Å²) in [7, 11) is 0. The summed E-state index contributed by atoms with van der Waals surface area (Å²) < 4.78 is 7.23. The summed E-state index contributed by atoms with van der Waals surface area (Å²) in [4.78, 5) is 49.1. The molecular formula is C21H24N4O4S2. The molecule has 3 aromatic heterocycles. The smallest absolute Gasteiger partial charge is 0.349 e. The third-order valence-electron chi connectivity index (χ3n) is 5.41. The fraction of sp³-hybridized carbons (Fsp3) is 0.476. The van der Waals surface area contributed by atoms with E-state index in [4.69, 9.17) is 9.72 Å². The first-order valence-corrected chi connectivity index (χ1v) is 12.0. The van der Waals surface area contributed by atoms with Crippen molar-refractivity contribution in [2.24, 2.45) is 0 Å². The molecule has 31 heavy (non-hydrogen) atoms. The minimum absolute atomic E-state index is 0.00138. The molecule has 1 aliphatic rings. The number of carbonyl (C=O) groups excluding carboxylic acids is 2. The van der Waals surface area contributed by atoms with Crippen molar-refractivity contribution in [3.05, 3.63) is 37.7 Å². The molecule has 4 heterocycles. The van der Waals surface area contributed by atoms with Crippen LogP contribution in [0.25, 0.3) is 10.2 Å². The topological polar surface area (TPSA) is 94.4 Å². The highest BCUT2D eigenvalue weighted by molar-refractivity contribution is 7.20. The normalized spacial score (nSPS) is 13.6. The van der Waals surface area contributed by atoms with Crippen LogP contribution in [-0.2, 0) is 29.1 Å². The Balaban J connectivity index is 1.55. The fourth-order valence-corrected chi connectivity index (χ4v) is 5.79. The summed E-state index contributed by atoms with van der Waals surface area (Å²) in [5, 5.41) is 2.87. The number of carbonyl (C=O) groups is 2. The summed E-state index contributed by atoms with van der Waals surface area (Å²) in [6.07, 6.45) is 3.86. The number of thiazole rings is 1. The number of aryl methyl sites for hydroxylation is 2. The van der Waals surface area contributed by atoms with Crippen molar-refractivity contribution in [2.45, 2.75) is 59.6 Å². The standard InChI is InChI=1S/C21H24N4O4S2/c1-4-24(13(3)26)21-22-14(11-30-21)10-29-20(28)17-12(2)16-18(31-17)23-15-8-6-5-7-9-25(15)19(16)27/h11H,4-10H2,1-3H3. The zero-order valence-electron chi connectivity index (χ0n) is 17.8. The third-order valence-corrected chi connectivity index (χ3v) is 7.49. The second-order valence-electron chi connectivity index (χ2n) is 7.49. The first kappa shape index (κ1) is 21.6. The molecule has 164 valence electrons. The number of esters is 1. The Hall–Kier alpha value is -2.59. The van der Waals surface area contributed by atoms with Crippen molar-refractivity contribution in [3.8, 4) is 0 Å². The van der Waals surface area contributed by atoms with Gasteiger partial charge in [0.15, 0.2) is 5.13 Å². The molecule has 0 atom stereocenters. The van der Waals surface area contributed by atoms with Gasteiger partial charge in [0.25, 0.3) is 5.56 Å². The zero-order chi connectivity index (χ0) is 22.1. The van der Waals surface area contributed by atoms with Gasteiger partial charge in [-0.15, -0.1) is 22.7 Å². The Kier molecular flexibility index (Phi) is 6.19. The Morgan fingerprint density at radius 2 is 2.06 bits per heavy atom. The fourth-order valence-electron chi connectivity index (χ4n) is 3.79. The van der Waals surface area contributed by atoms with E-state index in [9.17, 15) is 14.4 Å². The van der Waals surface area contributed by atoms with Crippen molar-refractivity contribution in [1.29, 1.82) is 0 Å². The van der Waals surface area contributed by atoms with Crippen LogP contribution in [-0.4, -0.2) is 33.0 Å². The van der Waals surface area contributed by atoms with Gasteiger partial charge in [-0.05, 0) is 32.3 Å². The number of ether oxygens (including phenoxy) is 1. The minimum Gasteiger partial charge on any atom is -0.455 e. The summed E-state index contributed by atoms with van der Waals surface area (Å²) in [5.41, 5.74) is 1.13. The Morgan fingerprint density at radius 1 is 1.26 bits per heavy atom. The first-order valence-electron chi connectivity index (χ1n) is 10.3. The van der Waals surface area contributed by atoms with Crippen LogP contribution in [0.4, 0.5) is 5.13 Å².